The molecule has 0 aliphatic carbocycles. The van der Waals surface area contributed by atoms with E-state index in [-0.39, 0.29) is 28.6 Å². The molecular weight excluding hydrogens is 420 g/mol. The first-order valence-electron chi connectivity index (χ1n) is 9.44. The van der Waals surface area contributed by atoms with Gasteiger partial charge in [-0.15, -0.1) is 0 Å². The lowest BCUT2D eigenvalue weighted by Gasteiger charge is -2.09. The molecular formula is C23H17F2N3O4. The molecule has 9 heteroatoms. The lowest BCUT2D eigenvalue weighted by molar-refractivity contribution is -0.384. The number of imidazole rings is 1. The van der Waals surface area contributed by atoms with Crippen molar-refractivity contribution in [2.24, 2.45) is 0 Å². The van der Waals surface area contributed by atoms with Gasteiger partial charge in [-0.1, -0.05) is 0 Å². The Bertz CT molecular complexity index is 1220. The lowest BCUT2D eigenvalue weighted by Crippen LogP contribution is -1.97. The van der Waals surface area contributed by atoms with Gasteiger partial charge in [-0.2, -0.15) is 0 Å². The Morgan fingerprint density at radius 2 is 1.41 bits per heavy atom. The van der Waals surface area contributed by atoms with Gasteiger partial charge in [-0.3, -0.25) is 10.1 Å². The number of halogens is 2. The fourth-order valence-electron chi connectivity index (χ4n) is 3.35. The van der Waals surface area contributed by atoms with Gasteiger partial charge < -0.3 is 14.5 Å². The van der Waals surface area contributed by atoms with Crippen LogP contribution < -0.4 is 9.47 Å². The van der Waals surface area contributed by atoms with Crippen LogP contribution >= 0.6 is 0 Å². The largest absolute Gasteiger partial charge is 0.493 e. The zero-order valence-corrected chi connectivity index (χ0v) is 17.1. The highest BCUT2D eigenvalue weighted by Gasteiger charge is 2.25. The minimum atomic E-state index is -0.547. The van der Waals surface area contributed by atoms with Crippen LogP contribution in [0.3, 0.4) is 0 Å². The van der Waals surface area contributed by atoms with Gasteiger partial charge in [0.15, 0.2) is 11.5 Å². The first kappa shape index (κ1) is 21.0. The minimum absolute atomic E-state index is 0.171. The van der Waals surface area contributed by atoms with Crippen LogP contribution in [0, 0.1) is 21.7 Å². The quantitative estimate of drug-likeness (QED) is 0.313. The molecule has 7 nitrogen and oxygen atoms in total. The summed E-state index contributed by atoms with van der Waals surface area (Å²) in [4.78, 5) is 18.9. The Morgan fingerprint density at radius 3 is 1.94 bits per heavy atom. The summed E-state index contributed by atoms with van der Waals surface area (Å²) in [6, 6.07) is 14.1. The summed E-state index contributed by atoms with van der Waals surface area (Å²) in [6.45, 7) is 0. The molecule has 3 aromatic carbocycles. The zero-order valence-electron chi connectivity index (χ0n) is 17.1. The van der Waals surface area contributed by atoms with Gasteiger partial charge in [0.1, 0.15) is 17.5 Å². The number of ether oxygens (including phenoxy) is 2. The number of methoxy groups -OCH3 is 2. The van der Waals surface area contributed by atoms with E-state index in [0.717, 1.165) is 0 Å². The molecule has 0 aliphatic rings. The molecule has 0 aliphatic heterocycles. The van der Waals surface area contributed by atoms with Crippen LogP contribution in [-0.4, -0.2) is 29.1 Å². The molecule has 162 valence electrons. The number of nitrogens with zero attached hydrogens (tertiary/aromatic N) is 2. The number of aromatic amines is 1. The average molecular weight is 437 g/mol. The van der Waals surface area contributed by atoms with Gasteiger partial charge in [0.2, 0.25) is 0 Å². The second-order valence-corrected chi connectivity index (χ2v) is 6.80. The summed E-state index contributed by atoms with van der Waals surface area (Å²) in [5, 5.41) is 11.8. The summed E-state index contributed by atoms with van der Waals surface area (Å²) < 4.78 is 37.4. The molecule has 0 radical (unpaired) electrons. The summed E-state index contributed by atoms with van der Waals surface area (Å²) in [5.41, 5.74) is 2.03. The number of nitrogens with one attached hydrogen (secondary N) is 1. The Hall–Kier alpha value is -4.27. The molecule has 1 heterocycles. The van der Waals surface area contributed by atoms with E-state index in [1.807, 2.05) is 0 Å². The zero-order chi connectivity index (χ0) is 22.8. The molecule has 4 aromatic rings. The number of hydrogen-bond acceptors (Lipinski definition) is 5. The van der Waals surface area contributed by atoms with Crippen LogP contribution in [0.1, 0.15) is 0 Å². The molecule has 32 heavy (non-hydrogen) atoms. The Labute approximate surface area is 181 Å². The van der Waals surface area contributed by atoms with Crippen molar-refractivity contribution < 1.29 is 23.2 Å². The average Bonchev–Trinajstić information content (AvgIpc) is 3.24. The van der Waals surface area contributed by atoms with Gasteiger partial charge in [-0.05, 0) is 48.5 Å². The molecule has 0 saturated heterocycles. The summed E-state index contributed by atoms with van der Waals surface area (Å²) in [7, 11) is 2.80. The van der Waals surface area contributed by atoms with Crippen molar-refractivity contribution in [3.63, 3.8) is 0 Å². The highest BCUT2D eigenvalue weighted by atomic mass is 19.1. The third-order valence-corrected chi connectivity index (χ3v) is 4.91. The van der Waals surface area contributed by atoms with Crippen LogP contribution in [0.2, 0.25) is 0 Å². The first-order chi connectivity index (χ1) is 15.4. The van der Waals surface area contributed by atoms with Crippen molar-refractivity contribution in [1.29, 1.82) is 0 Å². The SMILES string of the molecule is COc1cc(-c2nc(-c3ccc(F)cc3)c(-c3ccc(F)cc3)[nH]2)c([N+](=O)[O-])cc1OC. The maximum absolute atomic E-state index is 13.5. The Morgan fingerprint density at radius 1 is 0.875 bits per heavy atom. The van der Waals surface area contributed by atoms with Gasteiger partial charge in [0, 0.05) is 17.2 Å². The van der Waals surface area contributed by atoms with Crippen molar-refractivity contribution in [3.8, 4) is 45.4 Å². The van der Waals surface area contributed by atoms with Gasteiger partial charge in [0.25, 0.3) is 5.69 Å². The Kier molecular flexibility index (Phi) is 5.55. The van der Waals surface area contributed by atoms with Gasteiger partial charge in [0.05, 0.1) is 42.2 Å². The summed E-state index contributed by atoms with van der Waals surface area (Å²) >= 11 is 0. The molecule has 0 unspecified atom stereocenters. The molecule has 0 fully saturated rings. The number of H-pyrrole nitrogens is 1. The van der Waals surface area contributed by atoms with E-state index < -0.39 is 16.6 Å². The third-order valence-electron chi connectivity index (χ3n) is 4.91. The van der Waals surface area contributed by atoms with Crippen LogP contribution in [0.5, 0.6) is 11.5 Å². The number of nitro groups is 1. The second kappa shape index (κ2) is 8.46. The van der Waals surface area contributed by atoms with E-state index in [4.69, 9.17) is 9.47 Å². The number of benzene rings is 3. The van der Waals surface area contributed by atoms with E-state index in [0.29, 0.717) is 22.5 Å². The van der Waals surface area contributed by atoms with E-state index >= 15 is 0 Å². The molecule has 0 spiro atoms. The number of nitro benzene ring substituents is 1. The van der Waals surface area contributed by atoms with Crippen LogP contribution in [0.15, 0.2) is 60.7 Å². The second-order valence-electron chi connectivity index (χ2n) is 6.80. The predicted octanol–water partition coefficient (Wildman–Crippen LogP) is 5.61. The van der Waals surface area contributed by atoms with E-state index in [1.54, 1.807) is 24.3 Å². The molecule has 1 aromatic heterocycles. The summed E-state index contributed by atoms with van der Waals surface area (Å²) in [5.74, 6) is -0.143. The van der Waals surface area contributed by atoms with E-state index in [2.05, 4.69) is 9.97 Å². The maximum atomic E-state index is 13.5. The standard InChI is InChI=1S/C23H17F2N3O4/c1-31-19-11-17(18(28(29)30)12-20(19)32-2)23-26-21(13-3-7-15(24)8-4-13)22(27-23)14-5-9-16(25)10-6-14/h3-12H,1-2H3,(H,26,27). The first-order valence-corrected chi connectivity index (χ1v) is 9.44. The fourth-order valence-corrected chi connectivity index (χ4v) is 3.35. The van der Waals surface area contributed by atoms with Crippen molar-refractivity contribution >= 4 is 5.69 Å². The molecule has 0 bridgehead atoms. The van der Waals surface area contributed by atoms with Crippen molar-refractivity contribution in [2.45, 2.75) is 0 Å². The topological polar surface area (TPSA) is 90.3 Å². The number of aromatic nitrogens is 2. The molecule has 0 atom stereocenters. The maximum Gasteiger partial charge on any atom is 0.284 e. The highest BCUT2D eigenvalue weighted by Crippen LogP contribution is 2.41. The Balaban J connectivity index is 1.97. The lowest BCUT2D eigenvalue weighted by atomic mass is 10.1. The molecule has 4 rings (SSSR count). The molecule has 0 amide bonds. The fraction of sp³-hybridized carbons (Fsp3) is 0.0870. The van der Waals surface area contributed by atoms with Crippen molar-refractivity contribution in [3.05, 3.63) is 82.4 Å². The summed E-state index contributed by atoms with van der Waals surface area (Å²) in [6.07, 6.45) is 0. The molecule has 1 N–H and O–H groups in total. The minimum Gasteiger partial charge on any atom is -0.493 e. The number of hydrogen-bond donors (Lipinski definition) is 1. The van der Waals surface area contributed by atoms with E-state index in [9.17, 15) is 18.9 Å². The number of rotatable bonds is 6. The van der Waals surface area contributed by atoms with Crippen LogP contribution in [-0.2, 0) is 0 Å². The van der Waals surface area contributed by atoms with Gasteiger partial charge in [-0.25, -0.2) is 13.8 Å². The molecule has 0 saturated carbocycles. The monoisotopic (exact) mass is 437 g/mol. The predicted molar refractivity (Wildman–Crippen MR) is 115 cm³/mol. The van der Waals surface area contributed by atoms with Crippen LogP contribution in [0.4, 0.5) is 14.5 Å². The van der Waals surface area contributed by atoms with Crippen molar-refractivity contribution in [2.75, 3.05) is 14.2 Å². The third kappa shape index (κ3) is 3.87. The van der Waals surface area contributed by atoms with Crippen molar-refractivity contribution in [1.82, 2.24) is 9.97 Å². The normalized spacial score (nSPS) is 10.8. The van der Waals surface area contributed by atoms with Crippen LogP contribution in [0.25, 0.3) is 33.9 Å². The smallest absolute Gasteiger partial charge is 0.284 e. The highest BCUT2D eigenvalue weighted by molar-refractivity contribution is 5.83. The van der Waals surface area contributed by atoms with E-state index in [1.165, 1.54) is 50.6 Å². The van der Waals surface area contributed by atoms with Gasteiger partial charge >= 0.3 is 0 Å².